The summed E-state index contributed by atoms with van der Waals surface area (Å²) in [5.41, 5.74) is 2.44. The zero-order chi connectivity index (χ0) is 22.6. The van der Waals surface area contributed by atoms with Crippen LogP contribution in [0.2, 0.25) is 0 Å². The van der Waals surface area contributed by atoms with E-state index in [1.54, 1.807) is 16.2 Å². The highest BCUT2D eigenvalue weighted by Crippen LogP contribution is 2.31. The summed E-state index contributed by atoms with van der Waals surface area (Å²) < 4.78 is 6.47. The van der Waals surface area contributed by atoms with Gasteiger partial charge in [-0.25, -0.2) is 9.78 Å². The van der Waals surface area contributed by atoms with Crippen LogP contribution >= 0.6 is 11.3 Å². The molecule has 2 N–H and O–H groups in total. The van der Waals surface area contributed by atoms with Crippen LogP contribution in [-0.4, -0.2) is 61.2 Å². The lowest BCUT2D eigenvalue weighted by atomic mass is 9.97. The maximum Gasteiger partial charge on any atom is 0.321 e. The zero-order valence-electron chi connectivity index (χ0n) is 18.3. The Morgan fingerprint density at radius 3 is 2.64 bits per heavy atom. The fourth-order valence-electron chi connectivity index (χ4n) is 4.22. The van der Waals surface area contributed by atoms with Gasteiger partial charge in [-0.2, -0.15) is 0 Å². The SMILES string of the molecule is O=C(Nc1ccc2nc(N3CCOCC3)sc2c1)[C@@H]1CCCN(C(=O)Nc2ccccc2)C1. The summed E-state index contributed by atoms with van der Waals surface area (Å²) in [4.78, 5) is 34.3. The lowest BCUT2D eigenvalue weighted by Gasteiger charge is -2.32. The molecule has 1 aromatic heterocycles. The Balaban J connectivity index is 1.21. The second-order valence-corrected chi connectivity index (χ2v) is 9.36. The summed E-state index contributed by atoms with van der Waals surface area (Å²) in [5, 5.41) is 6.95. The molecule has 0 unspecified atom stereocenters. The molecule has 2 aliphatic heterocycles. The monoisotopic (exact) mass is 465 g/mol. The number of para-hydroxylation sites is 1. The Kier molecular flexibility index (Phi) is 6.41. The van der Waals surface area contributed by atoms with Crippen molar-refractivity contribution >= 4 is 50.0 Å². The van der Waals surface area contributed by atoms with Crippen molar-refractivity contribution in [2.24, 2.45) is 5.92 Å². The Labute approximate surface area is 196 Å². The zero-order valence-corrected chi connectivity index (χ0v) is 19.1. The maximum absolute atomic E-state index is 13.0. The molecule has 33 heavy (non-hydrogen) atoms. The predicted molar refractivity (Wildman–Crippen MR) is 131 cm³/mol. The number of anilines is 3. The first-order valence-electron chi connectivity index (χ1n) is 11.3. The molecule has 0 aliphatic carbocycles. The second-order valence-electron chi connectivity index (χ2n) is 8.35. The number of likely N-dealkylation sites (tertiary alicyclic amines) is 1. The Morgan fingerprint density at radius 1 is 1.00 bits per heavy atom. The summed E-state index contributed by atoms with van der Waals surface area (Å²) in [6.45, 7) is 4.20. The number of fused-ring (bicyclic) bond motifs is 1. The highest BCUT2D eigenvalue weighted by molar-refractivity contribution is 7.22. The summed E-state index contributed by atoms with van der Waals surface area (Å²) in [5.74, 6) is -0.286. The van der Waals surface area contributed by atoms with Crippen molar-refractivity contribution in [2.45, 2.75) is 12.8 Å². The van der Waals surface area contributed by atoms with Crippen LogP contribution in [0.1, 0.15) is 12.8 Å². The molecule has 2 saturated heterocycles. The largest absolute Gasteiger partial charge is 0.378 e. The van der Waals surface area contributed by atoms with Gasteiger partial charge in [-0.05, 0) is 43.2 Å². The molecular weight excluding hydrogens is 438 g/mol. The molecule has 3 aromatic rings. The molecule has 5 rings (SSSR count). The summed E-state index contributed by atoms with van der Waals surface area (Å²) in [6, 6.07) is 15.0. The number of rotatable bonds is 4. The smallest absolute Gasteiger partial charge is 0.321 e. The molecule has 1 atom stereocenters. The molecule has 0 saturated carbocycles. The lowest BCUT2D eigenvalue weighted by molar-refractivity contribution is -0.121. The van der Waals surface area contributed by atoms with Gasteiger partial charge in [0.15, 0.2) is 5.13 Å². The Hall–Kier alpha value is -3.17. The number of hydrogen-bond donors (Lipinski definition) is 2. The van der Waals surface area contributed by atoms with E-state index in [0.717, 1.165) is 65.9 Å². The molecule has 3 heterocycles. The number of aromatic nitrogens is 1. The highest BCUT2D eigenvalue weighted by atomic mass is 32.1. The van der Waals surface area contributed by atoms with E-state index in [9.17, 15) is 9.59 Å². The standard InChI is InChI=1S/C24H27N5O3S/c30-22(17-5-4-10-29(16-17)23(31)26-18-6-2-1-3-7-18)25-19-8-9-20-21(15-19)33-24(27-20)28-11-13-32-14-12-28/h1-3,6-9,15,17H,4-5,10-14,16H2,(H,25,30)(H,26,31)/t17-/m1/s1. The van der Waals surface area contributed by atoms with Gasteiger partial charge in [-0.3, -0.25) is 4.79 Å². The quantitative estimate of drug-likeness (QED) is 0.608. The van der Waals surface area contributed by atoms with Crippen LogP contribution in [-0.2, 0) is 9.53 Å². The van der Waals surface area contributed by atoms with E-state index in [4.69, 9.17) is 9.72 Å². The first-order valence-corrected chi connectivity index (χ1v) is 12.1. The molecule has 9 heteroatoms. The van der Waals surface area contributed by atoms with Crippen LogP contribution in [0.15, 0.2) is 48.5 Å². The van der Waals surface area contributed by atoms with E-state index in [-0.39, 0.29) is 17.9 Å². The minimum atomic E-state index is -0.235. The van der Waals surface area contributed by atoms with E-state index in [0.29, 0.717) is 13.1 Å². The van der Waals surface area contributed by atoms with Gasteiger partial charge in [0.2, 0.25) is 5.91 Å². The first-order chi connectivity index (χ1) is 16.2. The number of ether oxygens (including phenoxy) is 1. The number of amides is 3. The molecule has 2 fully saturated rings. The fraction of sp³-hybridized carbons (Fsp3) is 0.375. The first kappa shape index (κ1) is 21.7. The average molecular weight is 466 g/mol. The van der Waals surface area contributed by atoms with Gasteiger partial charge in [0, 0.05) is 37.6 Å². The third-order valence-corrected chi connectivity index (χ3v) is 7.11. The molecule has 2 aliphatic rings. The molecule has 0 spiro atoms. The van der Waals surface area contributed by atoms with Crippen LogP contribution in [0.4, 0.5) is 21.3 Å². The third-order valence-electron chi connectivity index (χ3n) is 6.03. The molecule has 2 aromatic carbocycles. The van der Waals surface area contributed by atoms with Crippen molar-refractivity contribution < 1.29 is 14.3 Å². The van der Waals surface area contributed by atoms with Crippen LogP contribution in [0.3, 0.4) is 0 Å². The average Bonchev–Trinajstić information content (AvgIpc) is 3.29. The van der Waals surface area contributed by atoms with Crippen LogP contribution < -0.4 is 15.5 Å². The number of urea groups is 1. The van der Waals surface area contributed by atoms with Gasteiger partial charge in [0.1, 0.15) is 0 Å². The number of benzene rings is 2. The van der Waals surface area contributed by atoms with Gasteiger partial charge in [-0.1, -0.05) is 29.5 Å². The second kappa shape index (κ2) is 9.76. The molecule has 8 nitrogen and oxygen atoms in total. The summed E-state index contributed by atoms with van der Waals surface area (Å²) in [6.07, 6.45) is 1.57. The fourth-order valence-corrected chi connectivity index (χ4v) is 5.28. The topological polar surface area (TPSA) is 86.8 Å². The molecular formula is C24H27N5O3S. The summed E-state index contributed by atoms with van der Waals surface area (Å²) in [7, 11) is 0. The van der Waals surface area contributed by atoms with Gasteiger partial charge in [-0.15, -0.1) is 0 Å². The van der Waals surface area contributed by atoms with Crippen molar-refractivity contribution in [2.75, 3.05) is 54.9 Å². The number of morpholine rings is 1. The number of carbonyl (C=O) groups excluding carboxylic acids is 2. The minimum Gasteiger partial charge on any atom is -0.378 e. The van der Waals surface area contributed by atoms with E-state index in [2.05, 4.69) is 15.5 Å². The molecule has 0 bridgehead atoms. The number of piperidine rings is 1. The van der Waals surface area contributed by atoms with E-state index < -0.39 is 0 Å². The van der Waals surface area contributed by atoms with Crippen LogP contribution in [0.5, 0.6) is 0 Å². The van der Waals surface area contributed by atoms with Gasteiger partial charge in [0.25, 0.3) is 0 Å². The van der Waals surface area contributed by atoms with Crippen molar-refractivity contribution in [3.63, 3.8) is 0 Å². The van der Waals surface area contributed by atoms with Crippen LogP contribution in [0, 0.1) is 5.92 Å². The van der Waals surface area contributed by atoms with Gasteiger partial charge >= 0.3 is 6.03 Å². The van der Waals surface area contributed by atoms with E-state index >= 15 is 0 Å². The van der Waals surface area contributed by atoms with Crippen molar-refractivity contribution in [3.8, 4) is 0 Å². The number of nitrogens with zero attached hydrogens (tertiary/aromatic N) is 3. The normalized spacial score (nSPS) is 18.8. The van der Waals surface area contributed by atoms with Crippen LogP contribution in [0.25, 0.3) is 10.2 Å². The van der Waals surface area contributed by atoms with E-state index in [1.165, 1.54) is 0 Å². The van der Waals surface area contributed by atoms with Crippen molar-refractivity contribution in [1.29, 1.82) is 0 Å². The van der Waals surface area contributed by atoms with Gasteiger partial charge in [0.05, 0.1) is 29.3 Å². The minimum absolute atomic E-state index is 0.0514. The highest BCUT2D eigenvalue weighted by Gasteiger charge is 2.28. The number of nitrogens with one attached hydrogen (secondary N) is 2. The number of carbonyl (C=O) groups is 2. The number of hydrogen-bond acceptors (Lipinski definition) is 6. The Bertz CT molecular complexity index is 1130. The molecule has 172 valence electrons. The predicted octanol–water partition coefficient (Wildman–Crippen LogP) is 4.02. The molecule has 0 radical (unpaired) electrons. The number of thiazole rings is 1. The van der Waals surface area contributed by atoms with E-state index in [1.807, 2.05) is 48.5 Å². The third kappa shape index (κ3) is 5.09. The van der Waals surface area contributed by atoms with Crippen molar-refractivity contribution in [3.05, 3.63) is 48.5 Å². The molecule has 3 amide bonds. The lowest BCUT2D eigenvalue weighted by Crippen LogP contribution is -2.45. The summed E-state index contributed by atoms with van der Waals surface area (Å²) >= 11 is 1.63. The van der Waals surface area contributed by atoms with Crippen molar-refractivity contribution in [1.82, 2.24) is 9.88 Å². The Morgan fingerprint density at radius 2 is 1.82 bits per heavy atom. The van der Waals surface area contributed by atoms with Gasteiger partial charge < -0.3 is 25.2 Å². The maximum atomic E-state index is 13.0.